The van der Waals surface area contributed by atoms with Crippen LogP contribution in [0.1, 0.15) is 6.92 Å². The predicted octanol–water partition coefficient (Wildman–Crippen LogP) is 5.69. The Kier molecular flexibility index (Phi) is 9.80. The number of methoxy groups -OCH3 is 1. The molecule has 0 saturated carbocycles. The molecule has 0 bridgehead atoms. The lowest BCUT2D eigenvalue weighted by molar-refractivity contribution is -0.131. The van der Waals surface area contributed by atoms with Crippen molar-refractivity contribution in [1.29, 1.82) is 0 Å². The fraction of sp³-hybridized carbons (Fsp3) is 0.172. The molecule has 3 rings (SSSR count). The molecule has 0 fully saturated rings. The number of esters is 2. The fourth-order valence-electron chi connectivity index (χ4n) is 3.04. The van der Waals surface area contributed by atoms with E-state index in [9.17, 15) is 9.59 Å². The van der Waals surface area contributed by atoms with E-state index < -0.39 is 11.9 Å². The number of ether oxygens (including phenoxy) is 5. The van der Waals surface area contributed by atoms with E-state index in [0.29, 0.717) is 35.2 Å². The van der Waals surface area contributed by atoms with Gasteiger partial charge in [-0.15, -0.1) is 0 Å². The summed E-state index contributed by atoms with van der Waals surface area (Å²) >= 11 is 4.03. The van der Waals surface area contributed by atoms with Crippen LogP contribution in [0.4, 0.5) is 0 Å². The quantitative estimate of drug-likeness (QED) is 0.108. The average molecular weight is 521 g/mol. The minimum atomic E-state index is -0.584. The van der Waals surface area contributed by atoms with Crippen LogP contribution in [0.3, 0.4) is 0 Å². The lowest BCUT2D eigenvalue weighted by atomic mass is 10.1. The normalized spacial score (nSPS) is 10.2. The predicted molar refractivity (Wildman–Crippen MR) is 145 cm³/mol. The van der Waals surface area contributed by atoms with Crippen molar-refractivity contribution in [2.45, 2.75) is 6.92 Å². The van der Waals surface area contributed by atoms with E-state index in [1.54, 1.807) is 37.3 Å². The molecule has 7 nitrogen and oxygen atoms in total. The Bertz CT molecular complexity index is 1260. The average Bonchev–Trinajstić information content (AvgIpc) is 2.91. The van der Waals surface area contributed by atoms with Crippen LogP contribution in [0.25, 0.3) is 11.1 Å². The van der Waals surface area contributed by atoms with Gasteiger partial charge in [0.1, 0.15) is 30.5 Å². The van der Waals surface area contributed by atoms with E-state index in [4.69, 9.17) is 23.7 Å². The van der Waals surface area contributed by atoms with E-state index in [1.165, 1.54) is 7.11 Å². The monoisotopic (exact) mass is 520 g/mol. The Morgan fingerprint density at radius 2 is 1.27 bits per heavy atom. The Morgan fingerprint density at radius 1 is 0.730 bits per heavy atom. The lowest BCUT2D eigenvalue weighted by Crippen LogP contribution is -2.12. The summed E-state index contributed by atoms with van der Waals surface area (Å²) in [6.07, 6.45) is 0. The second kappa shape index (κ2) is 13.2. The molecule has 0 heterocycles. The molecule has 0 spiro atoms. The van der Waals surface area contributed by atoms with Gasteiger partial charge in [-0.3, -0.25) is 0 Å². The van der Waals surface area contributed by atoms with Gasteiger partial charge in [0.25, 0.3) is 0 Å². The molecule has 0 atom stereocenters. The maximum Gasteiger partial charge on any atom is 0.339 e. The topological polar surface area (TPSA) is 80.3 Å². The highest BCUT2D eigenvalue weighted by atomic mass is 32.1. The molecule has 0 N–H and O–H groups in total. The van der Waals surface area contributed by atoms with Crippen molar-refractivity contribution < 1.29 is 33.3 Å². The van der Waals surface area contributed by atoms with Gasteiger partial charge in [0.15, 0.2) is 11.5 Å². The zero-order chi connectivity index (χ0) is 26.8. The van der Waals surface area contributed by atoms with E-state index >= 15 is 0 Å². The molecule has 8 heteroatoms. The van der Waals surface area contributed by atoms with Crippen LogP contribution >= 0.6 is 12.6 Å². The molecule has 192 valence electrons. The highest BCUT2D eigenvalue weighted by Gasteiger charge is 2.14. The van der Waals surface area contributed by atoms with Crippen molar-refractivity contribution in [3.8, 4) is 39.9 Å². The zero-order valence-electron chi connectivity index (χ0n) is 20.7. The maximum absolute atomic E-state index is 12.0. The van der Waals surface area contributed by atoms with Crippen molar-refractivity contribution in [2.75, 3.05) is 26.1 Å². The summed E-state index contributed by atoms with van der Waals surface area (Å²) in [6, 6.07) is 19.8. The van der Waals surface area contributed by atoms with Crippen molar-refractivity contribution in [2.24, 2.45) is 0 Å². The lowest BCUT2D eigenvalue weighted by Gasteiger charge is -2.13. The van der Waals surface area contributed by atoms with E-state index in [0.717, 1.165) is 11.1 Å². The van der Waals surface area contributed by atoms with Crippen LogP contribution in [0.2, 0.25) is 0 Å². The van der Waals surface area contributed by atoms with E-state index in [-0.39, 0.29) is 23.7 Å². The largest absolute Gasteiger partial charge is 0.493 e. The number of rotatable bonds is 12. The van der Waals surface area contributed by atoms with Crippen molar-refractivity contribution in [3.05, 3.63) is 91.0 Å². The third-order valence-electron chi connectivity index (χ3n) is 5.04. The summed E-state index contributed by atoms with van der Waals surface area (Å²) in [5, 5.41) is 0. The van der Waals surface area contributed by atoms with Crippen LogP contribution in [0.5, 0.6) is 28.7 Å². The van der Waals surface area contributed by atoms with Crippen LogP contribution < -0.4 is 23.7 Å². The van der Waals surface area contributed by atoms with Crippen molar-refractivity contribution >= 4 is 24.6 Å². The first-order valence-corrected chi connectivity index (χ1v) is 12.0. The first kappa shape index (κ1) is 27.4. The molecule has 3 aromatic rings. The number of hydrogen-bond donors (Lipinski definition) is 1. The molecule has 0 aliphatic rings. The Hall–Kier alpha value is -4.17. The summed E-state index contributed by atoms with van der Waals surface area (Å²) < 4.78 is 27.3. The van der Waals surface area contributed by atoms with Gasteiger partial charge in [-0.05, 0) is 54.4 Å². The second-order valence-corrected chi connectivity index (χ2v) is 8.20. The Morgan fingerprint density at radius 3 is 1.81 bits per heavy atom. The summed E-state index contributed by atoms with van der Waals surface area (Å²) in [4.78, 5) is 23.7. The minimum Gasteiger partial charge on any atom is -0.493 e. The van der Waals surface area contributed by atoms with Crippen LogP contribution in [-0.2, 0) is 9.59 Å². The highest BCUT2D eigenvalue weighted by Crippen LogP contribution is 2.32. The van der Waals surface area contributed by atoms with Gasteiger partial charge in [-0.2, -0.15) is 12.6 Å². The number of benzene rings is 3. The molecular weight excluding hydrogens is 492 g/mol. The second-order valence-electron chi connectivity index (χ2n) is 7.88. The van der Waals surface area contributed by atoms with E-state index in [2.05, 4.69) is 25.8 Å². The zero-order valence-corrected chi connectivity index (χ0v) is 21.6. The molecule has 0 aromatic heterocycles. The standard InChI is InChI=1S/C29H28O7S/c1-19(2)28(30)35-24-11-7-22(8-12-24)21-5-9-23(10-6-21)33-15-16-34-25-13-14-26(32-4)27(17-25)36-29(31)20(3)18-37/h5-14,17,37H,1,3,15-16,18H2,2,4H3. The summed E-state index contributed by atoms with van der Waals surface area (Å²) in [7, 11) is 1.48. The molecule has 0 aliphatic carbocycles. The van der Waals surface area contributed by atoms with Gasteiger partial charge in [-0.1, -0.05) is 37.4 Å². The first-order valence-electron chi connectivity index (χ1n) is 11.3. The van der Waals surface area contributed by atoms with Gasteiger partial charge < -0.3 is 23.7 Å². The SMILES string of the molecule is C=C(C)C(=O)Oc1ccc(-c2ccc(OCCOc3ccc(OC)c(OC(=O)C(=C)CS)c3)cc2)cc1. The Labute approximate surface area is 221 Å². The summed E-state index contributed by atoms with van der Waals surface area (Å²) in [5.74, 6) is 1.42. The molecule has 0 saturated heterocycles. The number of carbonyl (C=O) groups excluding carboxylic acids is 2. The third kappa shape index (κ3) is 7.91. The molecule has 0 unspecified atom stereocenters. The van der Waals surface area contributed by atoms with Crippen molar-refractivity contribution in [1.82, 2.24) is 0 Å². The van der Waals surface area contributed by atoms with Gasteiger partial charge in [0, 0.05) is 23.0 Å². The van der Waals surface area contributed by atoms with Gasteiger partial charge in [0.05, 0.1) is 7.11 Å². The number of hydrogen-bond acceptors (Lipinski definition) is 8. The Balaban J connectivity index is 1.51. The van der Waals surface area contributed by atoms with Crippen LogP contribution in [0.15, 0.2) is 91.0 Å². The van der Waals surface area contributed by atoms with Crippen LogP contribution in [0, 0.1) is 0 Å². The highest BCUT2D eigenvalue weighted by molar-refractivity contribution is 7.80. The van der Waals surface area contributed by atoms with Crippen LogP contribution in [-0.4, -0.2) is 38.0 Å². The number of carbonyl (C=O) groups is 2. The first-order chi connectivity index (χ1) is 17.8. The smallest absolute Gasteiger partial charge is 0.339 e. The van der Waals surface area contributed by atoms with E-state index in [1.807, 2.05) is 36.4 Å². The molecule has 37 heavy (non-hydrogen) atoms. The fourth-order valence-corrected chi connectivity index (χ4v) is 3.16. The van der Waals surface area contributed by atoms with Gasteiger partial charge in [0.2, 0.25) is 0 Å². The molecular formula is C29H28O7S. The third-order valence-corrected chi connectivity index (χ3v) is 5.42. The summed E-state index contributed by atoms with van der Waals surface area (Å²) in [5.41, 5.74) is 2.54. The number of thiol groups is 1. The van der Waals surface area contributed by atoms with Crippen molar-refractivity contribution in [3.63, 3.8) is 0 Å². The maximum atomic E-state index is 12.0. The molecule has 0 amide bonds. The molecule has 3 aromatic carbocycles. The molecule has 0 radical (unpaired) electrons. The van der Waals surface area contributed by atoms with Gasteiger partial charge in [-0.25, -0.2) is 9.59 Å². The van der Waals surface area contributed by atoms with Gasteiger partial charge >= 0.3 is 11.9 Å². The minimum absolute atomic E-state index is 0.189. The summed E-state index contributed by atoms with van der Waals surface area (Å²) in [6.45, 7) is 9.37. The molecule has 0 aliphatic heterocycles.